The maximum atomic E-state index is 13.8. The summed E-state index contributed by atoms with van der Waals surface area (Å²) in [6.45, 7) is 1.83. The summed E-state index contributed by atoms with van der Waals surface area (Å²) in [5.41, 5.74) is 1.45. The number of oxime groups is 1. The Labute approximate surface area is 134 Å². The SMILES string of the molecule is CC1=NOC(Cc2ccccc2)C(=O)N1Cc1ccccc1F. The minimum absolute atomic E-state index is 0.148. The summed E-state index contributed by atoms with van der Waals surface area (Å²) in [7, 11) is 0. The minimum Gasteiger partial charge on any atom is -0.381 e. The van der Waals surface area contributed by atoms with E-state index in [1.807, 2.05) is 30.3 Å². The molecule has 1 unspecified atom stereocenters. The van der Waals surface area contributed by atoms with Crippen molar-refractivity contribution in [1.82, 2.24) is 4.90 Å². The van der Waals surface area contributed by atoms with Crippen LogP contribution in [-0.2, 0) is 22.6 Å². The number of amides is 1. The summed E-state index contributed by atoms with van der Waals surface area (Å²) >= 11 is 0. The zero-order chi connectivity index (χ0) is 16.2. The molecule has 1 aliphatic rings. The highest BCUT2D eigenvalue weighted by molar-refractivity contribution is 6.00. The van der Waals surface area contributed by atoms with E-state index in [1.165, 1.54) is 11.0 Å². The lowest BCUT2D eigenvalue weighted by atomic mass is 10.1. The van der Waals surface area contributed by atoms with Crippen LogP contribution < -0.4 is 0 Å². The first-order chi connectivity index (χ1) is 11.1. The van der Waals surface area contributed by atoms with Crippen molar-refractivity contribution < 1.29 is 14.0 Å². The maximum absolute atomic E-state index is 13.8. The fraction of sp³-hybridized carbons (Fsp3) is 0.222. The normalized spacial score (nSPS) is 17.7. The van der Waals surface area contributed by atoms with Crippen LogP contribution in [0.25, 0.3) is 0 Å². The van der Waals surface area contributed by atoms with Gasteiger partial charge >= 0.3 is 0 Å². The van der Waals surface area contributed by atoms with Gasteiger partial charge in [-0.2, -0.15) is 0 Å². The van der Waals surface area contributed by atoms with Gasteiger partial charge in [-0.15, -0.1) is 0 Å². The van der Waals surface area contributed by atoms with Gasteiger partial charge in [0.25, 0.3) is 5.91 Å². The van der Waals surface area contributed by atoms with Crippen molar-refractivity contribution in [2.45, 2.75) is 26.0 Å². The van der Waals surface area contributed by atoms with Gasteiger partial charge < -0.3 is 4.84 Å². The molecule has 0 fully saturated rings. The van der Waals surface area contributed by atoms with E-state index in [2.05, 4.69) is 5.16 Å². The molecule has 2 aromatic rings. The van der Waals surface area contributed by atoms with Crippen LogP contribution in [-0.4, -0.2) is 22.7 Å². The van der Waals surface area contributed by atoms with Crippen LogP contribution in [0.2, 0.25) is 0 Å². The van der Waals surface area contributed by atoms with E-state index < -0.39 is 6.10 Å². The zero-order valence-corrected chi connectivity index (χ0v) is 12.8. The molecule has 1 atom stereocenters. The van der Waals surface area contributed by atoms with Gasteiger partial charge in [0.15, 0.2) is 0 Å². The largest absolute Gasteiger partial charge is 0.381 e. The van der Waals surface area contributed by atoms with Gasteiger partial charge in [0.05, 0.1) is 6.54 Å². The first-order valence-electron chi connectivity index (χ1n) is 7.44. The van der Waals surface area contributed by atoms with Crippen molar-refractivity contribution in [1.29, 1.82) is 0 Å². The lowest BCUT2D eigenvalue weighted by Gasteiger charge is -2.30. The van der Waals surface area contributed by atoms with Crippen LogP contribution in [0, 0.1) is 5.82 Å². The second-order valence-corrected chi connectivity index (χ2v) is 5.44. The highest BCUT2D eigenvalue weighted by atomic mass is 19.1. The molecule has 4 nitrogen and oxygen atoms in total. The summed E-state index contributed by atoms with van der Waals surface area (Å²) in [6, 6.07) is 16.0. The molecule has 0 aliphatic carbocycles. The smallest absolute Gasteiger partial charge is 0.272 e. The third-order valence-electron chi connectivity index (χ3n) is 3.79. The van der Waals surface area contributed by atoms with Crippen molar-refractivity contribution in [3.8, 4) is 0 Å². The molecule has 1 heterocycles. The molecule has 0 aromatic heterocycles. The van der Waals surface area contributed by atoms with Crippen LogP contribution in [0.15, 0.2) is 59.8 Å². The van der Waals surface area contributed by atoms with Crippen LogP contribution in [0.4, 0.5) is 4.39 Å². The summed E-state index contributed by atoms with van der Waals surface area (Å²) < 4.78 is 13.8. The molecule has 0 radical (unpaired) electrons. The van der Waals surface area contributed by atoms with Crippen molar-refractivity contribution in [2.24, 2.45) is 5.16 Å². The van der Waals surface area contributed by atoms with E-state index >= 15 is 0 Å². The number of halogens is 1. The fourth-order valence-electron chi connectivity index (χ4n) is 2.51. The molecular weight excluding hydrogens is 295 g/mol. The van der Waals surface area contributed by atoms with Gasteiger partial charge in [-0.25, -0.2) is 4.39 Å². The molecule has 0 spiro atoms. The van der Waals surface area contributed by atoms with Crippen molar-refractivity contribution in [3.63, 3.8) is 0 Å². The lowest BCUT2D eigenvalue weighted by Crippen LogP contribution is -2.46. The number of benzene rings is 2. The van der Waals surface area contributed by atoms with Gasteiger partial charge in [-0.05, 0) is 18.6 Å². The molecular formula is C18H17FN2O2. The number of carbonyl (C=O) groups excluding carboxylic acids is 1. The summed E-state index contributed by atoms with van der Waals surface area (Å²) in [5.74, 6) is -0.105. The average molecular weight is 312 g/mol. The Kier molecular flexibility index (Phi) is 4.37. The standard InChI is InChI=1S/C18H17FN2O2/c1-13-20-23-17(11-14-7-3-2-4-8-14)18(22)21(13)12-15-9-5-6-10-16(15)19/h2-10,17H,11-12H2,1H3. The zero-order valence-electron chi connectivity index (χ0n) is 12.8. The second kappa shape index (κ2) is 6.60. The lowest BCUT2D eigenvalue weighted by molar-refractivity contribution is -0.143. The van der Waals surface area contributed by atoms with E-state index in [0.29, 0.717) is 17.8 Å². The number of rotatable bonds is 4. The van der Waals surface area contributed by atoms with E-state index in [4.69, 9.17) is 4.84 Å². The van der Waals surface area contributed by atoms with Gasteiger partial charge in [-0.3, -0.25) is 9.69 Å². The number of hydrogen-bond acceptors (Lipinski definition) is 3. The Morgan fingerprint density at radius 2 is 1.83 bits per heavy atom. The van der Waals surface area contributed by atoms with Gasteiger partial charge in [-0.1, -0.05) is 53.7 Å². The topological polar surface area (TPSA) is 41.9 Å². The predicted molar refractivity (Wildman–Crippen MR) is 85.1 cm³/mol. The minimum atomic E-state index is -0.687. The fourth-order valence-corrected chi connectivity index (χ4v) is 2.51. The molecule has 118 valence electrons. The van der Waals surface area contributed by atoms with Crippen molar-refractivity contribution in [3.05, 3.63) is 71.5 Å². The molecule has 0 N–H and O–H groups in total. The van der Waals surface area contributed by atoms with Crippen LogP contribution in [0.3, 0.4) is 0 Å². The van der Waals surface area contributed by atoms with Gasteiger partial charge in [0.2, 0.25) is 6.10 Å². The number of carbonyl (C=O) groups is 1. The van der Waals surface area contributed by atoms with Crippen LogP contribution in [0.1, 0.15) is 18.1 Å². The molecule has 23 heavy (non-hydrogen) atoms. The van der Waals surface area contributed by atoms with Crippen molar-refractivity contribution in [2.75, 3.05) is 0 Å². The van der Waals surface area contributed by atoms with Crippen molar-refractivity contribution >= 4 is 11.7 Å². The van der Waals surface area contributed by atoms with E-state index in [1.54, 1.807) is 25.1 Å². The van der Waals surface area contributed by atoms with E-state index in [9.17, 15) is 9.18 Å². The van der Waals surface area contributed by atoms with Gasteiger partial charge in [0, 0.05) is 12.0 Å². The van der Waals surface area contributed by atoms with Crippen LogP contribution in [0.5, 0.6) is 0 Å². The number of hydrogen-bond donors (Lipinski definition) is 0. The molecule has 0 saturated heterocycles. The Morgan fingerprint density at radius 1 is 1.13 bits per heavy atom. The molecule has 1 amide bonds. The Morgan fingerprint density at radius 3 is 2.57 bits per heavy atom. The summed E-state index contributed by atoms with van der Waals surface area (Å²) in [4.78, 5) is 19.4. The highest BCUT2D eigenvalue weighted by Gasteiger charge is 2.32. The first kappa shape index (κ1) is 15.2. The quantitative estimate of drug-likeness (QED) is 0.870. The molecule has 0 bridgehead atoms. The van der Waals surface area contributed by atoms with Crippen LogP contribution >= 0.6 is 0 Å². The molecule has 2 aromatic carbocycles. The monoisotopic (exact) mass is 312 g/mol. The summed E-state index contributed by atoms with van der Waals surface area (Å²) in [6.07, 6.45) is -0.252. The van der Waals surface area contributed by atoms with Gasteiger partial charge in [0.1, 0.15) is 11.7 Å². The molecule has 5 heteroatoms. The number of nitrogens with zero attached hydrogens (tertiary/aromatic N) is 2. The molecule has 3 rings (SSSR count). The Bertz CT molecular complexity index is 731. The maximum Gasteiger partial charge on any atom is 0.272 e. The first-order valence-corrected chi connectivity index (χ1v) is 7.44. The van der Waals surface area contributed by atoms with E-state index in [-0.39, 0.29) is 18.3 Å². The molecule has 0 saturated carbocycles. The Balaban J connectivity index is 1.78. The third-order valence-corrected chi connectivity index (χ3v) is 3.79. The third kappa shape index (κ3) is 3.39. The second-order valence-electron chi connectivity index (χ2n) is 5.44. The number of amidine groups is 1. The van der Waals surface area contributed by atoms with E-state index in [0.717, 1.165) is 5.56 Å². The predicted octanol–water partition coefficient (Wildman–Crippen LogP) is 3.13. The summed E-state index contributed by atoms with van der Waals surface area (Å²) in [5, 5.41) is 3.96. The Hall–Kier alpha value is -2.69. The average Bonchev–Trinajstić information content (AvgIpc) is 2.57. The molecule has 1 aliphatic heterocycles. The highest BCUT2D eigenvalue weighted by Crippen LogP contribution is 2.18.